The standard InChI is InChI=1S/C24H26FN3O2/c1-18-4-2-5-19(16-18)24(29)26-17-22(23-6-3-15-30-23)28-13-11-27(12-14-28)21-9-7-20(25)8-10-21/h2-10,15-16,22H,11-14,17H2,1H3,(H,26,29)/t22-/m0/s1. The smallest absolute Gasteiger partial charge is 0.251 e. The Kier molecular flexibility index (Phi) is 6.14. The van der Waals surface area contributed by atoms with E-state index in [9.17, 15) is 9.18 Å². The first-order chi connectivity index (χ1) is 14.6. The molecule has 1 aromatic heterocycles. The zero-order valence-corrected chi connectivity index (χ0v) is 17.1. The van der Waals surface area contributed by atoms with Crippen LogP contribution in [0.15, 0.2) is 71.3 Å². The highest BCUT2D eigenvalue weighted by molar-refractivity contribution is 5.94. The summed E-state index contributed by atoms with van der Waals surface area (Å²) in [4.78, 5) is 17.2. The van der Waals surface area contributed by atoms with Gasteiger partial charge in [0.15, 0.2) is 0 Å². The van der Waals surface area contributed by atoms with Crippen LogP contribution in [0.3, 0.4) is 0 Å². The maximum absolute atomic E-state index is 13.2. The van der Waals surface area contributed by atoms with Gasteiger partial charge in [0.2, 0.25) is 0 Å². The number of nitrogens with one attached hydrogen (secondary N) is 1. The number of benzene rings is 2. The van der Waals surface area contributed by atoms with Crippen molar-refractivity contribution in [1.82, 2.24) is 10.2 Å². The summed E-state index contributed by atoms with van der Waals surface area (Å²) in [7, 11) is 0. The molecule has 30 heavy (non-hydrogen) atoms. The van der Waals surface area contributed by atoms with Gasteiger partial charge in [-0.25, -0.2) is 4.39 Å². The first-order valence-corrected chi connectivity index (χ1v) is 10.2. The summed E-state index contributed by atoms with van der Waals surface area (Å²) in [6, 6.07) is 18.0. The van der Waals surface area contributed by atoms with Gasteiger partial charge in [0.1, 0.15) is 11.6 Å². The molecule has 1 fully saturated rings. The number of piperazine rings is 1. The van der Waals surface area contributed by atoms with E-state index in [1.165, 1.54) is 12.1 Å². The molecule has 1 amide bonds. The van der Waals surface area contributed by atoms with E-state index in [0.29, 0.717) is 12.1 Å². The highest BCUT2D eigenvalue weighted by Gasteiger charge is 2.27. The molecule has 5 nitrogen and oxygen atoms in total. The molecule has 0 unspecified atom stereocenters. The van der Waals surface area contributed by atoms with E-state index in [4.69, 9.17) is 4.42 Å². The lowest BCUT2D eigenvalue weighted by molar-refractivity contribution is 0.0922. The molecule has 2 aromatic carbocycles. The predicted molar refractivity (Wildman–Crippen MR) is 115 cm³/mol. The van der Waals surface area contributed by atoms with Gasteiger partial charge in [-0.1, -0.05) is 17.7 Å². The van der Waals surface area contributed by atoms with Crippen molar-refractivity contribution < 1.29 is 13.6 Å². The molecule has 1 saturated heterocycles. The van der Waals surface area contributed by atoms with E-state index in [-0.39, 0.29) is 17.8 Å². The summed E-state index contributed by atoms with van der Waals surface area (Å²) in [5, 5.41) is 3.07. The second kappa shape index (κ2) is 9.13. The predicted octanol–water partition coefficient (Wildman–Crippen LogP) is 4.02. The van der Waals surface area contributed by atoms with Gasteiger partial charge >= 0.3 is 0 Å². The minimum atomic E-state index is -0.223. The normalized spacial score (nSPS) is 15.7. The first-order valence-electron chi connectivity index (χ1n) is 10.2. The van der Waals surface area contributed by atoms with Crippen LogP contribution >= 0.6 is 0 Å². The molecule has 2 heterocycles. The molecule has 6 heteroatoms. The van der Waals surface area contributed by atoms with E-state index in [0.717, 1.165) is 43.2 Å². The molecule has 0 spiro atoms. The molecule has 156 valence electrons. The third-order valence-corrected chi connectivity index (χ3v) is 5.55. The SMILES string of the molecule is Cc1cccc(C(=O)NC[C@@H](c2ccco2)N2CCN(c3ccc(F)cc3)CC2)c1. The average molecular weight is 407 g/mol. The lowest BCUT2D eigenvalue weighted by Gasteiger charge is -2.39. The topological polar surface area (TPSA) is 48.7 Å². The van der Waals surface area contributed by atoms with Crippen LogP contribution in [-0.2, 0) is 0 Å². The molecular formula is C24H26FN3O2. The molecule has 1 aliphatic rings. The largest absolute Gasteiger partial charge is 0.468 e. The quantitative estimate of drug-likeness (QED) is 0.671. The molecule has 4 rings (SSSR count). The Morgan fingerprint density at radius 1 is 1.07 bits per heavy atom. The first kappa shape index (κ1) is 20.2. The Labute approximate surface area is 176 Å². The summed E-state index contributed by atoms with van der Waals surface area (Å²) in [5.74, 6) is 0.537. The number of nitrogens with zero attached hydrogens (tertiary/aromatic N) is 2. The molecule has 3 aromatic rings. The van der Waals surface area contributed by atoms with Crippen LogP contribution in [0.5, 0.6) is 0 Å². The van der Waals surface area contributed by atoms with Crippen molar-refractivity contribution in [3.05, 3.63) is 89.6 Å². The van der Waals surface area contributed by atoms with E-state index >= 15 is 0 Å². The molecule has 0 aliphatic carbocycles. The average Bonchev–Trinajstić information content (AvgIpc) is 3.29. The van der Waals surface area contributed by atoms with Crippen molar-refractivity contribution >= 4 is 11.6 Å². The third kappa shape index (κ3) is 4.71. The van der Waals surface area contributed by atoms with Crippen LogP contribution in [0.2, 0.25) is 0 Å². The second-order valence-electron chi connectivity index (χ2n) is 7.61. The fourth-order valence-corrected chi connectivity index (χ4v) is 3.91. The van der Waals surface area contributed by atoms with Gasteiger partial charge in [0.25, 0.3) is 5.91 Å². The zero-order valence-electron chi connectivity index (χ0n) is 17.1. The van der Waals surface area contributed by atoms with Crippen LogP contribution in [0.25, 0.3) is 0 Å². The minimum absolute atomic E-state index is 0.0378. The Balaban J connectivity index is 1.41. The lowest BCUT2D eigenvalue weighted by Crippen LogP contribution is -2.49. The van der Waals surface area contributed by atoms with E-state index in [2.05, 4.69) is 15.1 Å². The Morgan fingerprint density at radius 3 is 2.50 bits per heavy atom. The fourth-order valence-electron chi connectivity index (χ4n) is 3.91. The van der Waals surface area contributed by atoms with Gasteiger partial charge in [-0.05, 0) is 55.5 Å². The minimum Gasteiger partial charge on any atom is -0.468 e. The molecular weight excluding hydrogens is 381 g/mol. The Bertz CT molecular complexity index is 964. The number of hydrogen-bond acceptors (Lipinski definition) is 4. The van der Waals surface area contributed by atoms with Crippen molar-refractivity contribution in [2.24, 2.45) is 0 Å². The summed E-state index contributed by atoms with van der Waals surface area (Å²) in [6.07, 6.45) is 1.67. The van der Waals surface area contributed by atoms with Crippen LogP contribution in [0, 0.1) is 12.7 Å². The Hall–Kier alpha value is -3.12. The maximum Gasteiger partial charge on any atom is 0.251 e. The van der Waals surface area contributed by atoms with Crippen molar-refractivity contribution in [1.29, 1.82) is 0 Å². The van der Waals surface area contributed by atoms with Crippen LogP contribution in [0.4, 0.5) is 10.1 Å². The number of anilines is 1. The van der Waals surface area contributed by atoms with Gasteiger partial charge in [-0.3, -0.25) is 9.69 Å². The van der Waals surface area contributed by atoms with Crippen LogP contribution < -0.4 is 10.2 Å². The number of furan rings is 1. The third-order valence-electron chi connectivity index (χ3n) is 5.55. The van der Waals surface area contributed by atoms with Crippen molar-refractivity contribution in [2.75, 3.05) is 37.6 Å². The van der Waals surface area contributed by atoms with Gasteiger partial charge in [-0.2, -0.15) is 0 Å². The number of carbonyl (C=O) groups excluding carboxylic acids is 1. The highest BCUT2D eigenvalue weighted by Crippen LogP contribution is 2.24. The number of amides is 1. The number of aryl methyl sites for hydroxylation is 1. The van der Waals surface area contributed by atoms with E-state index < -0.39 is 0 Å². The van der Waals surface area contributed by atoms with E-state index in [1.807, 2.05) is 55.5 Å². The van der Waals surface area contributed by atoms with Crippen LogP contribution in [-0.4, -0.2) is 43.5 Å². The van der Waals surface area contributed by atoms with Crippen molar-refractivity contribution in [3.63, 3.8) is 0 Å². The molecule has 1 atom stereocenters. The number of rotatable bonds is 6. The van der Waals surface area contributed by atoms with Crippen molar-refractivity contribution in [2.45, 2.75) is 13.0 Å². The fraction of sp³-hybridized carbons (Fsp3) is 0.292. The van der Waals surface area contributed by atoms with Crippen molar-refractivity contribution in [3.8, 4) is 0 Å². The summed E-state index contributed by atoms with van der Waals surface area (Å²) in [6.45, 7) is 5.75. The zero-order chi connectivity index (χ0) is 20.9. The number of hydrogen-bond donors (Lipinski definition) is 1. The van der Waals surface area contributed by atoms with Crippen LogP contribution in [0.1, 0.15) is 27.7 Å². The molecule has 0 radical (unpaired) electrons. The summed E-state index contributed by atoms with van der Waals surface area (Å²) in [5.41, 5.74) is 2.75. The molecule has 1 N–H and O–H groups in total. The van der Waals surface area contributed by atoms with E-state index in [1.54, 1.807) is 6.26 Å². The summed E-state index contributed by atoms with van der Waals surface area (Å²) < 4.78 is 18.9. The van der Waals surface area contributed by atoms with Gasteiger partial charge in [-0.15, -0.1) is 0 Å². The number of halogens is 1. The van der Waals surface area contributed by atoms with Gasteiger partial charge in [0, 0.05) is 44.0 Å². The number of carbonyl (C=O) groups is 1. The molecule has 1 aliphatic heterocycles. The molecule has 0 saturated carbocycles. The molecule has 0 bridgehead atoms. The monoisotopic (exact) mass is 407 g/mol. The second-order valence-corrected chi connectivity index (χ2v) is 7.61. The Morgan fingerprint density at radius 2 is 1.83 bits per heavy atom. The lowest BCUT2D eigenvalue weighted by atomic mass is 10.1. The highest BCUT2D eigenvalue weighted by atomic mass is 19.1. The van der Waals surface area contributed by atoms with Gasteiger partial charge < -0.3 is 14.6 Å². The van der Waals surface area contributed by atoms with Gasteiger partial charge in [0.05, 0.1) is 12.3 Å². The maximum atomic E-state index is 13.2. The summed E-state index contributed by atoms with van der Waals surface area (Å²) >= 11 is 0.